The van der Waals surface area contributed by atoms with Gasteiger partial charge < -0.3 is 4.74 Å². The molecule has 0 amide bonds. The Morgan fingerprint density at radius 3 is 2.40 bits per heavy atom. The van der Waals surface area contributed by atoms with E-state index in [4.69, 9.17) is 15.9 Å². The summed E-state index contributed by atoms with van der Waals surface area (Å²) in [5, 5.41) is 23.2. The second-order valence-electron chi connectivity index (χ2n) is 1.68. The fraction of sp³-hybridized carbons (Fsp3) is 0.500. The first-order chi connectivity index (χ1) is 4.70. The van der Waals surface area contributed by atoms with E-state index in [9.17, 15) is 0 Å². The van der Waals surface area contributed by atoms with Crippen LogP contribution in [0, 0.1) is 34.0 Å². The van der Waals surface area contributed by atoms with Crippen molar-refractivity contribution in [3.63, 3.8) is 0 Å². The molecule has 0 aromatic carbocycles. The molecular formula is C6H7N3O. The van der Waals surface area contributed by atoms with Gasteiger partial charge in [0.1, 0.15) is 6.61 Å². The molecule has 0 saturated carbocycles. The summed E-state index contributed by atoms with van der Waals surface area (Å²) in [7, 11) is 0. The zero-order chi connectivity index (χ0) is 7.98. The molecule has 52 valence electrons. The Labute approximate surface area is 59.1 Å². The third-order valence-electron chi connectivity index (χ3n) is 0.778. The van der Waals surface area contributed by atoms with Crippen molar-refractivity contribution in [2.45, 2.75) is 6.92 Å². The molecule has 0 heterocycles. The molecule has 0 aliphatic rings. The van der Waals surface area contributed by atoms with Crippen molar-refractivity contribution in [2.24, 2.45) is 5.92 Å². The van der Waals surface area contributed by atoms with Crippen LogP contribution in [-0.2, 0) is 4.74 Å². The summed E-state index contributed by atoms with van der Waals surface area (Å²) in [6.07, 6.45) is 0. The summed E-state index contributed by atoms with van der Waals surface area (Å²) in [6.45, 7) is 1.44. The molecule has 0 aliphatic carbocycles. The van der Waals surface area contributed by atoms with Gasteiger partial charge in [-0.05, 0) is 0 Å². The minimum Gasteiger partial charge on any atom is -0.479 e. The number of ether oxygens (including phenoxy) is 1. The van der Waals surface area contributed by atoms with Gasteiger partial charge in [-0.3, -0.25) is 5.41 Å². The molecule has 0 aromatic rings. The fourth-order valence-electron chi connectivity index (χ4n) is 0.312. The molecule has 0 radical (unpaired) electrons. The van der Waals surface area contributed by atoms with Crippen LogP contribution in [-0.4, -0.2) is 12.5 Å². The Kier molecular flexibility index (Phi) is 3.67. The van der Waals surface area contributed by atoms with Crippen molar-refractivity contribution < 1.29 is 4.74 Å². The first-order valence-electron chi connectivity index (χ1n) is 2.68. The number of hydrogen-bond acceptors (Lipinski definition) is 4. The summed E-state index contributed by atoms with van der Waals surface area (Å²) in [5.74, 6) is -0.740. The maximum Gasteiger partial charge on any atom is 0.177 e. The third-order valence-corrected chi connectivity index (χ3v) is 0.778. The van der Waals surface area contributed by atoms with Crippen molar-refractivity contribution in [2.75, 3.05) is 6.61 Å². The van der Waals surface area contributed by atoms with E-state index >= 15 is 0 Å². The topological polar surface area (TPSA) is 80.7 Å². The van der Waals surface area contributed by atoms with Gasteiger partial charge in [-0.15, -0.1) is 0 Å². The molecule has 0 atom stereocenters. The van der Waals surface area contributed by atoms with Crippen LogP contribution in [0.5, 0.6) is 0 Å². The van der Waals surface area contributed by atoms with E-state index in [0.717, 1.165) is 0 Å². The van der Waals surface area contributed by atoms with Crippen LogP contribution in [0.15, 0.2) is 0 Å². The van der Waals surface area contributed by atoms with E-state index in [0.29, 0.717) is 0 Å². The van der Waals surface area contributed by atoms with Gasteiger partial charge in [0.05, 0.1) is 12.1 Å². The maximum atomic E-state index is 8.22. The van der Waals surface area contributed by atoms with Crippen LogP contribution in [0.25, 0.3) is 0 Å². The Hall–Kier alpha value is -1.55. The first-order valence-corrected chi connectivity index (χ1v) is 2.68. The van der Waals surface area contributed by atoms with Gasteiger partial charge in [-0.25, -0.2) is 0 Å². The Morgan fingerprint density at radius 2 is 2.10 bits per heavy atom. The second kappa shape index (κ2) is 4.34. The summed E-state index contributed by atoms with van der Waals surface area (Å²) in [5.41, 5.74) is 0. The molecule has 0 rings (SSSR count). The van der Waals surface area contributed by atoms with Gasteiger partial charge in [0.25, 0.3) is 0 Å². The van der Waals surface area contributed by atoms with E-state index in [-0.39, 0.29) is 12.5 Å². The average Bonchev–Trinajstić information content (AvgIpc) is 1.90. The summed E-state index contributed by atoms with van der Waals surface area (Å²) in [4.78, 5) is 0. The van der Waals surface area contributed by atoms with E-state index in [1.165, 1.54) is 6.92 Å². The lowest BCUT2D eigenvalue weighted by atomic mass is 10.2. The van der Waals surface area contributed by atoms with Gasteiger partial charge >= 0.3 is 0 Å². The lowest BCUT2D eigenvalue weighted by Crippen LogP contribution is -2.07. The smallest absolute Gasteiger partial charge is 0.177 e. The van der Waals surface area contributed by atoms with Gasteiger partial charge in [0.2, 0.25) is 0 Å². The number of hydrogen-bond donors (Lipinski definition) is 1. The molecule has 0 aromatic heterocycles. The van der Waals surface area contributed by atoms with Crippen LogP contribution in [0.4, 0.5) is 0 Å². The lowest BCUT2D eigenvalue weighted by molar-refractivity contribution is 0.284. The molecule has 0 spiro atoms. The quantitative estimate of drug-likeness (QED) is 0.448. The van der Waals surface area contributed by atoms with Gasteiger partial charge in [-0.1, -0.05) is 0 Å². The number of rotatable bonds is 2. The highest BCUT2D eigenvalue weighted by atomic mass is 16.5. The molecular weight excluding hydrogens is 130 g/mol. The van der Waals surface area contributed by atoms with Crippen molar-refractivity contribution in [3.8, 4) is 12.1 Å². The van der Waals surface area contributed by atoms with Crippen molar-refractivity contribution >= 4 is 5.90 Å². The number of nitriles is 2. The lowest BCUT2D eigenvalue weighted by Gasteiger charge is -2.00. The van der Waals surface area contributed by atoms with Crippen LogP contribution >= 0.6 is 0 Å². The minimum atomic E-state index is -0.764. The van der Waals surface area contributed by atoms with Crippen molar-refractivity contribution in [3.05, 3.63) is 0 Å². The highest BCUT2D eigenvalue weighted by Crippen LogP contribution is 1.92. The molecule has 0 saturated heterocycles. The molecule has 0 fully saturated rings. The van der Waals surface area contributed by atoms with Crippen LogP contribution < -0.4 is 0 Å². The molecule has 10 heavy (non-hydrogen) atoms. The normalized spacial score (nSPS) is 8.00. The number of nitrogens with zero attached hydrogens (tertiary/aromatic N) is 2. The predicted octanol–water partition coefficient (Wildman–Crippen LogP) is 0.664. The summed E-state index contributed by atoms with van der Waals surface area (Å²) in [6, 6.07) is 3.45. The molecule has 0 bridgehead atoms. The standard InChI is InChI=1S/C6H7N3O/c1-5(9)10-4-6(2-7)3-8/h6,9H,4H2,1H3. The Morgan fingerprint density at radius 1 is 1.60 bits per heavy atom. The molecule has 0 aliphatic heterocycles. The molecule has 4 nitrogen and oxygen atoms in total. The van der Waals surface area contributed by atoms with E-state index < -0.39 is 5.92 Å². The average molecular weight is 137 g/mol. The van der Waals surface area contributed by atoms with E-state index in [1.54, 1.807) is 12.1 Å². The zero-order valence-corrected chi connectivity index (χ0v) is 5.59. The third kappa shape index (κ3) is 3.45. The monoisotopic (exact) mass is 137 g/mol. The highest BCUT2D eigenvalue weighted by molar-refractivity contribution is 5.69. The molecule has 4 heteroatoms. The maximum absolute atomic E-state index is 8.22. The fourth-order valence-corrected chi connectivity index (χ4v) is 0.312. The summed E-state index contributed by atoms with van der Waals surface area (Å²) >= 11 is 0. The van der Waals surface area contributed by atoms with Gasteiger partial charge in [0, 0.05) is 6.92 Å². The second-order valence-corrected chi connectivity index (χ2v) is 1.68. The molecule has 0 unspecified atom stereocenters. The zero-order valence-electron chi connectivity index (χ0n) is 5.59. The predicted molar refractivity (Wildman–Crippen MR) is 34.1 cm³/mol. The van der Waals surface area contributed by atoms with E-state index in [2.05, 4.69) is 4.74 Å². The highest BCUT2D eigenvalue weighted by Gasteiger charge is 2.04. The molecule has 1 N–H and O–H groups in total. The largest absolute Gasteiger partial charge is 0.479 e. The van der Waals surface area contributed by atoms with Crippen LogP contribution in [0.1, 0.15) is 6.92 Å². The van der Waals surface area contributed by atoms with E-state index in [1.807, 2.05) is 0 Å². The van der Waals surface area contributed by atoms with Gasteiger partial charge in [-0.2, -0.15) is 10.5 Å². The SMILES string of the molecule is CC(=N)OCC(C#N)C#N. The Bertz CT molecular complexity index is 184. The van der Waals surface area contributed by atoms with Crippen molar-refractivity contribution in [1.82, 2.24) is 0 Å². The number of nitrogens with one attached hydrogen (secondary N) is 1. The van der Waals surface area contributed by atoms with Crippen LogP contribution in [0.3, 0.4) is 0 Å². The van der Waals surface area contributed by atoms with Crippen molar-refractivity contribution in [1.29, 1.82) is 15.9 Å². The first kappa shape index (κ1) is 8.45. The van der Waals surface area contributed by atoms with Crippen LogP contribution in [0.2, 0.25) is 0 Å². The minimum absolute atomic E-state index is 0.0116. The summed E-state index contributed by atoms with van der Waals surface area (Å²) < 4.78 is 4.62. The van der Waals surface area contributed by atoms with Gasteiger partial charge in [0.15, 0.2) is 11.8 Å². The Balaban J connectivity index is 3.61.